The first-order valence-corrected chi connectivity index (χ1v) is 8.05. The Balaban J connectivity index is 2.96. The summed E-state index contributed by atoms with van der Waals surface area (Å²) in [4.78, 5) is 0.367. The maximum atomic E-state index is 12.4. The summed E-state index contributed by atoms with van der Waals surface area (Å²) in [6.07, 6.45) is 1.68. The molecular formula is C13H25N3O2S. The quantitative estimate of drug-likeness (QED) is 0.825. The third-order valence-electron chi connectivity index (χ3n) is 2.97. The molecule has 6 heteroatoms. The van der Waals surface area contributed by atoms with Crippen LogP contribution in [0.25, 0.3) is 0 Å². The highest BCUT2D eigenvalue weighted by Crippen LogP contribution is 2.18. The van der Waals surface area contributed by atoms with Crippen LogP contribution >= 0.6 is 0 Å². The molecule has 0 unspecified atom stereocenters. The van der Waals surface area contributed by atoms with Gasteiger partial charge in [0.15, 0.2) is 0 Å². The average molecular weight is 287 g/mol. The summed E-state index contributed by atoms with van der Waals surface area (Å²) in [5.41, 5.74) is 0.971. The highest BCUT2D eigenvalue weighted by molar-refractivity contribution is 7.89. The number of nitrogens with one attached hydrogen (secondary N) is 1. The predicted molar refractivity (Wildman–Crippen MR) is 77.4 cm³/mol. The van der Waals surface area contributed by atoms with Crippen LogP contribution in [0.3, 0.4) is 0 Å². The first kappa shape index (κ1) is 16.2. The minimum atomic E-state index is -3.38. The van der Waals surface area contributed by atoms with Crippen LogP contribution in [0.1, 0.15) is 26.5 Å². The van der Waals surface area contributed by atoms with Crippen molar-refractivity contribution in [3.63, 3.8) is 0 Å². The van der Waals surface area contributed by atoms with E-state index in [1.54, 1.807) is 19.3 Å². The molecule has 0 fully saturated rings. The lowest BCUT2D eigenvalue weighted by molar-refractivity contribution is 0.417. The second-order valence-electron chi connectivity index (χ2n) is 5.24. The van der Waals surface area contributed by atoms with Gasteiger partial charge in [0.05, 0.1) is 0 Å². The molecule has 5 nitrogen and oxygen atoms in total. The number of nitrogens with zero attached hydrogens (tertiary/aromatic N) is 2. The second-order valence-corrected chi connectivity index (χ2v) is 7.28. The largest absolute Gasteiger partial charge is 0.352 e. The van der Waals surface area contributed by atoms with Gasteiger partial charge in [-0.15, -0.1) is 0 Å². The molecule has 0 radical (unpaired) electrons. The molecule has 19 heavy (non-hydrogen) atoms. The molecule has 0 bridgehead atoms. The molecule has 0 aliphatic heterocycles. The molecule has 0 aromatic carbocycles. The van der Waals surface area contributed by atoms with E-state index in [4.69, 9.17) is 0 Å². The Morgan fingerprint density at radius 3 is 2.58 bits per heavy atom. The van der Waals surface area contributed by atoms with Crippen molar-refractivity contribution >= 4 is 10.0 Å². The molecule has 1 rings (SSSR count). The lowest BCUT2D eigenvalue weighted by Crippen LogP contribution is -2.30. The number of hydrogen-bond donors (Lipinski definition) is 1. The van der Waals surface area contributed by atoms with Crippen LogP contribution in [0.15, 0.2) is 17.2 Å². The van der Waals surface area contributed by atoms with E-state index in [1.807, 2.05) is 32.4 Å². The molecule has 110 valence electrons. The fraction of sp³-hybridized carbons (Fsp3) is 0.692. The van der Waals surface area contributed by atoms with Gasteiger partial charge in [0.1, 0.15) is 4.90 Å². The van der Waals surface area contributed by atoms with Crippen molar-refractivity contribution in [2.75, 3.05) is 20.1 Å². The standard InChI is InChI=1S/C13H25N3O2S/c1-6-14-8-12-7-13(10-15(12)4)19(17,18)16(5)9-11(2)3/h7,10-11,14H,6,8-9H2,1-5H3. The summed E-state index contributed by atoms with van der Waals surface area (Å²) in [6.45, 7) is 8.11. The van der Waals surface area contributed by atoms with Crippen molar-refractivity contribution < 1.29 is 8.42 Å². The number of sulfonamides is 1. The number of aromatic nitrogens is 1. The summed E-state index contributed by atoms with van der Waals surface area (Å²) < 4.78 is 28.1. The topological polar surface area (TPSA) is 54.3 Å². The van der Waals surface area contributed by atoms with E-state index in [9.17, 15) is 8.42 Å². The van der Waals surface area contributed by atoms with Crippen LogP contribution < -0.4 is 5.32 Å². The van der Waals surface area contributed by atoms with Crippen molar-refractivity contribution in [3.05, 3.63) is 18.0 Å². The average Bonchev–Trinajstić information content (AvgIpc) is 2.67. The highest BCUT2D eigenvalue weighted by Gasteiger charge is 2.23. The number of rotatable bonds is 7. The van der Waals surface area contributed by atoms with Crippen LogP contribution in [0.4, 0.5) is 0 Å². The van der Waals surface area contributed by atoms with Gasteiger partial charge >= 0.3 is 0 Å². The third kappa shape index (κ3) is 4.06. The minimum Gasteiger partial charge on any atom is -0.352 e. The summed E-state index contributed by atoms with van der Waals surface area (Å²) in [6, 6.07) is 1.74. The molecule has 1 aromatic heterocycles. The third-order valence-corrected chi connectivity index (χ3v) is 4.76. The first-order valence-electron chi connectivity index (χ1n) is 6.61. The predicted octanol–water partition coefficient (Wildman–Crippen LogP) is 1.41. The zero-order valence-electron chi connectivity index (χ0n) is 12.5. The van der Waals surface area contributed by atoms with Gasteiger partial charge in [-0.1, -0.05) is 20.8 Å². The molecule has 0 saturated heterocycles. The van der Waals surface area contributed by atoms with Gasteiger partial charge in [-0.05, 0) is 18.5 Å². The van der Waals surface area contributed by atoms with E-state index >= 15 is 0 Å². The minimum absolute atomic E-state index is 0.310. The smallest absolute Gasteiger partial charge is 0.244 e. The van der Waals surface area contributed by atoms with Crippen molar-refractivity contribution in [1.82, 2.24) is 14.2 Å². The number of hydrogen-bond acceptors (Lipinski definition) is 3. The maximum Gasteiger partial charge on any atom is 0.244 e. The lowest BCUT2D eigenvalue weighted by atomic mass is 10.2. The monoisotopic (exact) mass is 287 g/mol. The molecule has 1 N–H and O–H groups in total. The fourth-order valence-corrected chi connectivity index (χ4v) is 3.37. The fourth-order valence-electron chi connectivity index (χ4n) is 1.94. The lowest BCUT2D eigenvalue weighted by Gasteiger charge is -2.18. The van der Waals surface area contributed by atoms with Gasteiger partial charge < -0.3 is 9.88 Å². The highest BCUT2D eigenvalue weighted by atomic mass is 32.2. The maximum absolute atomic E-state index is 12.4. The van der Waals surface area contributed by atoms with Gasteiger partial charge in [-0.2, -0.15) is 0 Å². The van der Waals surface area contributed by atoms with E-state index in [-0.39, 0.29) is 0 Å². The van der Waals surface area contributed by atoms with E-state index in [0.717, 1.165) is 12.2 Å². The Labute approximate surface area is 116 Å². The van der Waals surface area contributed by atoms with Crippen molar-refractivity contribution in [1.29, 1.82) is 0 Å². The van der Waals surface area contributed by atoms with Crippen molar-refractivity contribution in [3.8, 4) is 0 Å². The summed E-state index contributed by atoms with van der Waals surface area (Å²) >= 11 is 0. The Morgan fingerprint density at radius 2 is 2.05 bits per heavy atom. The first-order chi connectivity index (χ1) is 8.78. The Hall–Kier alpha value is -0.850. The summed E-state index contributed by atoms with van der Waals surface area (Å²) in [5, 5.41) is 3.20. The molecule has 1 aromatic rings. The zero-order chi connectivity index (χ0) is 14.6. The van der Waals surface area contributed by atoms with Gasteiger partial charge in [0.25, 0.3) is 0 Å². The van der Waals surface area contributed by atoms with E-state index < -0.39 is 10.0 Å². The van der Waals surface area contributed by atoms with Crippen LogP contribution in [-0.4, -0.2) is 37.4 Å². The number of aryl methyl sites for hydroxylation is 1. The van der Waals surface area contributed by atoms with Gasteiger partial charge in [0, 0.05) is 39.1 Å². The van der Waals surface area contributed by atoms with Crippen LogP contribution in [0.2, 0.25) is 0 Å². The van der Waals surface area contributed by atoms with Crippen LogP contribution in [0.5, 0.6) is 0 Å². The molecule has 0 aliphatic carbocycles. The van der Waals surface area contributed by atoms with Crippen LogP contribution in [0, 0.1) is 5.92 Å². The Kier molecular flexibility index (Phi) is 5.58. The van der Waals surface area contributed by atoms with E-state index in [2.05, 4.69) is 5.32 Å². The molecule has 0 spiro atoms. The molecule has 0 amide bonds. The zero-order valence-corrected chi connectivity index (χ0v) is 13.3. The summed E-state index contributed by atoms with van der Waals surface area (Å²) in [7, 11) is 0.124. The van der Waals surface area contributed by atoms with Gasteiger partial charge in [-0.3, -0.25) is 0 Å². The van der Waals surface area contributed by atoms with Crippen LogP contribution in [-0.2, 0) is 23.6 Å². The van der Waals surface area contributed by atoms with E-state index in [1.165, 1.54) is 4.31 Å². The van der Waals surface area contributed by atoms with Gasteiger partial charge in [0.2, 0.25) is 10.0 Å². The Morgan fingerprint density at radius 1 is 1.42 bits per heavy atom. The summed E-state index contributed by atoms with van der Waals surface area (Å²) in [5.74, 6) is 0.310. The van der Waals surface area contributed by atoms with Gasteiger partial charge in [-0.25, -0.2) is 12.7 Å². The molecule has 0 aliphatic rings. The molecular weight excluding hydrogens is 262 g/mol. The SMILES string of the molecule is CCNCc1cc(S(=O)(=O)N(C)CC(C)C)cn1C. The molecule has 0 saturated carbocycles. The Bertz CT molecular complexity index is 506. The normalized spacial score (nSPS) is 12.6. The van der Waals surface area contributed by atoms with E-state index in [0.29, 0.717) is 23.9 Å². The molecule has 0 atom stereocenters. The molecule has 1 heterocycles. The van der Waals surface area contributed by atoms with Crippen molar-refractivity contribution in [2.45, 2.75) is 32.2 Å². The second kappa shape index (κ2) is 6.54. The van der Waals surface area contributed by atoms with Crippen molar-refractivity contribution in [2.24, 2.45) is 13.0 Å².